The van der Waals surface area contributed by atoms with E-state index in [0.29, 0.717) is 12.8 Å². The summed E-state index contributed by atoms with van der Waals surface area (Å²) in [6.07, 6.45) is 0.586. The van der Waals surface area contributed by atoms with Gasteiger partial charge in [0.2, 0.25) is 0 Å². The first kappa shape index (κ1) is 12.3. The van der Waals surface area contributed by atoms with Crippen molar-refractivity contribution in [1.29, 1.82) is 0 Å². The van der Waals surface area contributed by atoms with E-state index in [0.717, 1.165) is 11.1 Å². The third-order valence-electron chi connectivity index (χ3n) is 2.38. The molecular weight excluding hydrogens is 231 g/mol. The first-order valence-corrected chi connectivity index (χ1v) is 6.91. The highest BCUT2D eigenvalue weighted by molar-refractivity contribution is 7.45. The second kappa shape index (κ2) is 6.51. The second-order valence-corrected chi connectivity index (χ2v) is 5.03. The van der Waals surface area contributed by atoms with Crippen LogP contribution in [0.3, 0.4) is 0 Å². The molecule has 1 N–H and O–H groups in total. The summed E-state index contributed by atoms with van der Waals surface area (Å²) in [7, 11) is -1.38. The van der Waals surface area contributed by atoms with Crippen LogP contribution in [0.25, 0.3) is 0 Å². The predicted molar refractivity (Wildman–Crippen MR) is 70.5 cm³/mol. The van der Waals surface area contributed by atoms with Gasteiger partial charge in [0.1, 0.15) is 0 Å². The van der Waals surface area contributed by atoms with Crippen molar-refractivity contribution >= 4 is 8.38 Å². The molecule has 0 saturated carbocycles. The number of hydrogen-bond acceptors (Lipinski definition) is 2. The van der Waals surface area contributed by atoms with Crippen molar-refractivity contribution in [3.05, 3.63) is 71.8 Å². The van der Waals surface area contributed by atoms with Crippen molar-refractivity contribution < 1.29 is 9.42 Å². The molecule has 2 nitrogen and oxygen atoms in total. The van der Waals surface area contributed by atoms with Crippen molar-refractivity contribution in [2.75, 3.05) is 0 Å². The average Bonchev–Trinajstić information content (AvgIpc) is 2.39. The molecule has 2 aromatic rings. The molecule has 3 heteroatoms. The predicted octanol–water partition coefficient (Wildman–Crippen LogP) is 3.71. The molecule has 0 aromatic heterocycles. The van der Waals surface area contributed by atoms with E-state index in [2.05, 4.69) is 0 Å². The van der Waals surface area contributed by atoms with Crippen LogP contribution in [0.1, 0.15) is 11.1 Å². The van der Waals surface area contributed by atoms with Crippen LogP contribution in [0.4, 0.5) is 0 Å². The van der Waals surface area contributed by atoms with E-state index in [4.69, 9.17) is 4.52 Å². The van der Waals surface area contributed by atoms with E-state index in [9.17, 15) is 4.89 Å². The van der Waals surface area contributed by atoms with Gasteiger partial charge in [-0.2, -0.15) is 0 Å². The van der Waals surface area contributed by atoms with Crippen LogP contribution in [0, 0.1) is 0 Å². The van der Waals surface area contributed by atoms with E-state index >= 15 is 0 Å². The van der Waals surface area contributed by atoms with Crippen molar-refractivity contribution in [3.63, 3.8) is 0 Å². The summed E-state index contributed by atoms with van der Waals surface area (Å²) in [5.41, 5.74) is 2.19. The Labute approximate surface area is 103 Å². The van der Waals surface area contributed by atoms with Gasteiger partial charge in [-0.15, -0.1) is 0 Å². The Morgan fingerprint density at radius 1 is 0.824 bits per heavy atom. The molecule has 0 amide bonds. The quantitative estimate of drug-likeness (QED) is 0.815. The summed E-state index contributed by atoms with van der Waals surface area (Å²) in [5.74, 6) is 0. The zero-order valence-corrected chi connectivity index (χ0v) is 10.4. The van der Waals surface area contributed by atoms with Crippen LogP contribution in [-0.2, 0) is 17.3 Å². The second-order valence-electron chi connectivity index (χ2n) is 3.75. The summed E-state index contributed by atoms with van der Waals surface area (Å²) in [4.78, 5) is 9.81. The molecule has 0 aliphatic heterocycles. The number of hydrogen-bond donors (Lipinski definition) is 1. The van der Waals surface area contributed by atoms with Crippen LogP contribution in [-0.4, -0.2) is 4.89 Å². The highest BCUT2D eigenvalue weighted by Crippen LogP contribution is 2.36. The fraction of sp³-hybridized carbons (Fsp3) is 0.143. The normalized spacial score (nSPS) is 12.3. The molecule has 0 aliphatic rings. The Bertz CT molecular complexity index is 430. The van der Waals surface area contributed by atoms with Gasteiger partial charge >= 0.3 is 0 Å². The monoisotopic (exact) mass is 246 g/mol. The molecule has 1 unspecified atom stereocenters. The van der Waals surface area contributed by atoms with Gasteiger partial charge in [-0.1, -0.05) is 60.7 Å². The van der Waals surface area contributed by atoms with Crippen LogP contribution in [0.15, 0.2) is 60.7 Å². The Morgan fingerprint density at radius 2 is 1.35 bits per heavy atom. The maximum absolute atomic E-state index is 9.81. The number of rotatable bonds is 5. The Balaban J connectivity index is 1.80. The first-order chi connectivity index (χ1) is 8.34. The van der Waals surface area contributed by atoms with Crippen LogP contribution in [0.2, 0.25) is 0 Å². The van der Waals surface area contributed by atoms with Gasteiger partial charge in [0.15, 0.2) is 8.38 Å². The van der Waals surface area contributed by atoms with E-state index in [1.807, 2.05) is 60.7 Å². The largest absolute Gasteiger partial charge is 0.350 e. The molecule has 17 heavy (non-hydrogen) atoms. The van der Waals surface area contributed by atoms with Gasteiger partial charge in [0.05, 0.1) is 6.61 Å². The molecule has 2 rings (SSSR count). The molecule has 0 heterocycles. The van der Waals surface area contributed by atoms with E-state index in [1.165, 1.54) is 0 Å². The third-order valence-corrected chi connectivity index (χ3v) is 3.45. The lowest BCUT2D eigenvalue weighted by Gasteiger charge is -2.10. The molecule has 0 bridgehead atoms. The fourth-order valence-corrected chi connectivity index (χ4v) is 2.42. The summed E-state index contributed by atoms with van der Waals surface area (Å²) in [6, 6.07) is 19.8. The Kier molecular flexibility index (Phi) is 4.69. The molecule has 0 fully saturated rings. The minimum Gasteiger partial charge on any atom is -0.350 e. The smallest absolute Gasteiger partial charge is 0.172 e. The van der Waals surface area contributed by atoms with Gasteiger partial charge in [-0.3, -0.25) is 0 Å². The molecule has 0 aliphatic carbocycles. The van der Waals surface area contributed by atoms with Crippen molar-refractivity contribution in [3.8, 4) is 0 Å². The lowest BCUT2D eigenvalue weighted by atomic mass is 10.2. The van der Waals surface area contributed by atoms with Crippen LogP contribution < -0.4 is 0 Å². The molecule has 88 valence electrons. The van der Waals surface area contributed by atoms with Gasteiger partial charge in [-0.25, -0.2) is 0 Å². The molecular formula is C14H15O2P. The Morgan fingerprint density at radius 3 is 1.94 bits per heavy atom. The van der Waals surface area contributed by atoms with Crippen LogP contribution >= 0.6 is 8.38 Å². The molecule has 0 spiro atoms. The lowest BCUT2D eigenvalue weighted by Crippen LogP contribution is -1.90. The first-order valence-electron chi connectivity index (χ1n) is 5.52. The zero-order valence-electron chi connectivity index (χ0n) is 9.49. The van der Waals surface area contributed by atoms with Gasteiger partial charge in [0, 0.05) is 6.16 Å². The fourth-order valence-electron chi connectivity index (χ4n) is 1.51. The van der Waals surface area contributed by atoms with Gasteiger partial charge in [-0.05, 0) is 11.1 Å². The summed E-state index contributed by atoms with van der Waals surface area (Å²) < 4.78 is 5.45. The minimum atomic E-state index is -1.38. The van der Waals surface area contributed by atoms with Crippen molar-refractivity contribution in [1.82, 2.24) is 0 Å². The molecule has 2 aromatic carbocycles. The van der Waals surface area contributed by atoms with E-state index in [-0.39, 0.29) is 0 Å². The lowest BCUT2D eigenvalue weighted by molar-refractivity contribution is 0.298. The number of benzene rings is 2. The maximum Gasteiger partial charge on any atom is 0.172 e. The average molecular weight is 246 g/mol. The maximum atomic E-state index is 9.81. The van der Waals surface area contributed by atoms with Crippen molar-refractivity contribution in [2.24, 2.45) is 0 Å². The van der Waals surface area contributed by atoms with E-state index < -0.39 is 8.38 Å². The van der Waals surface area contributed by atoms with E-state index in [1.54, 1.807) is 0 Å². The summed E-state index contributed by atoms with van der Waals surface area (Å²) in [5, 5.41) is 0. The summed E-state index contributed by atoms with van der Waals surface area (Å²) in [6.45, 7) is 0.468. The zero-order chi connectivity index (χ0) is 11.9. The topological polar surface area (TPSA) is 29.5 Å². The third kappa shape index (κ3) is 4.27. The van der Waals surface area contributed by atoms with Crippen molar-refractivity contribution in [2.45, 2.75) is 12.8 Å². The van der Waals surface area contributed by atoms with Crippen LogP contribution in [0.5, 0.6) is 0 Å². The molecule has 0 saturated heterocycles. The standard InChI is InChI=1S/C14H15O2P/c15-17(12-14-9-5-2-6-10-14)16-11-13-7-3-1-4-8-13/h1-10,15H,11-12H2. The highest BCUT2D eigenvalue weighted by atomic mass is 31.2. The molecule has 1 atom stereocenters. The SMILES string of the molecule is OP(Cc1ccccc1)OCc1ccccc1. The minimum absolute atomic E-state index is 0.468. The highest BCUT2D eigenvalue weighted by Gasteiger charge is 2.06. The summed E-state index contributed by atoms with van der Waals surface area (Å²) >= 11 is 0. The Hall–Kier alpha value is -1.21. The van der Waals surface area contributed by atoms with Gasteiger partial charge < -0.3 is 9.42 Å². The van der Waals surface area contributed by atoms with Gasteiger partial charge in [0.25, 0.3) is 0 Å². The molecule has 0 radical (unpaired) electrons.